The van der Waals surface area contributed by atoms with E-state index in [1.807, 2.05) is 59.7 Å². The minimum absolute atomic E-state index is 0. The van der Waals surface area contributed by atoms with Gasteiger partial charge in [0.25, 0.3) is 0 Å². The van der Waals surface area contributed by atoms with E-state index in [0.717, 1.165) is 37.7 Å². The van der Waals surface area contributed by atoms with E-state index < -0.39 is 12.1 Å². The lowest BCUT2D eigenvalue weighted by atomic mass is 9.84. The normalized spacial score (nSPS) is 14.2. The molecule has 9 heteroatoms. The Kier molecular flexibility index (Phi) is 27.3. The number of carbonyl (C=O) groups excluding carboxylic acids is 4. The molecule has 0 aromatic heterocycles. The van der Waals surface area contributed by atoms with Gasteiger partial charge in [0.1, 0.15) is 11.6 Å². The third-order valence-corrected chi connectivity index (χ3v) is 8.62. The number of aliphatic hydroxyl groups excluding tert-OH is 1. The van der Waals surface area contributed by atoms with Gasteiger partial charge in [0.2, 0.25) is 0 Å². The first kappa shape index (κ1) is 50.2. The van der Waals surface area contributed by atoms with Gasteiger partial charge < -0.3 is 26.8 Å². The Hall–Kier alpha value is -2.88. The lowest BCUT2D eigenvalue weighted by Gasteiger charge is -2.25. The van der Waals surface area contributed by atoms with Gasteiger partial charge in [-0.05, 0) is 38.2 Å². The highest BCUT2D eigenvalue weighted by Crippen LogP contribution is 2.22. The summed E-state index contributed by atoms with van der Waals surface area (Å²) in [6.45, 7) is 23.5. The van der Waals surface area contributed by atoms with Gasteiger partial charge in [0, 0.05) is 55.1 Å². The van der Waals surface area contributed by atoms with Crippen LogP contribution in [0.1, 0.15) is 134 Å². The Bertz CT molecular complexity index is 1130. The molecular weight excluding hydrogens is 640 g/mol. The molecule has 0 heterocycles. The van der Waals surface area contributed by atoms with E-state index in [1.165, 1.54) is 0 Å². The summed E-state index contributed by atoms with van der Waals surface area (Å²) in [7, 11) is 0. The largest absolute Gasteiger partial charge is 0.391 e. The Labute approximate surface area is 311 Å². The van der Waals surface area contributed by atoms with Crippen LogP contribution < -0.4 is 21.7 Å². The summed E-state index contributed by atoms with van der Waals surface area (Å²) in [6, 6.07) is 9.53. The number of carbonyl (C=O) groups is 4. The van der Waals surface area contributed by atoms with Crippen LogP contribution in [0.5, 0.6) is 0 Å². The van der Waals surface area contributed by atoms with Crippen molar-refractivity contribution in [3.8, 4) is 0 Å². The summed E-state index contributed by atoms with van der Waals surface area (Å²) in [5.41, 5.74) is 6.60. The van der Waals surface area contributed by atoms with E-state index in [0.29, 0.717) is 31.6 Å². The van der Waals surface area contributed by atoms with Crippen LogP contribution in [0.2, 0.25) is 0 Å². The number of benzene rings is 1. The molecule has 294 valence electrons. The van der Waals surface area contributed by atoms with Crippen LogP contribution in [0.15, 0.2) is 42.7 Å². The van der Waals surface area contributed by atoms with E-state index in [4.69, 9.17) is 5.73 Å². The molecule has 1 rings (SSSR count). The fourth-order valence-corrected chi connectivity index (χ4v) is 6.00. The maximum atomic E-state index is 13.0. The van der Waals surface area contributed by atoms with Gasteiger partial charge in [-0.3, -0.25) is 19.2 Å². The van der Waals surface area contributed by atoms with Gasteiger partial charge in [0.05, 0.1) is 24.0 Å². The van der Waals surface area contributed by atoms with Crippen molar-refractivity contribution in [2.24, 2.45) is 29.4 Å². The molecule has 9 nitrogen and oxygen atoms in total. The molecule has 0 radical (unpaired) electrons. The molecule has 0 bridgehead atoms. The minimum atomic E-state index is -0.795. The maximum Gasteiger partial charge on any atom is 0.153 e. The number of aliphatic hydroxyl groups is 1. The van der Waals surface area contributed by atoms with Gasteiger partial charge in [-0.1, -0.05) is 126 Å². The average molecular weight is 717 g/mol. The number of nitrogens with two attached hydrogens (primary N) is 1. The molecule has 51 heavy (non-hydrogen) atoms. The number of ketones is 4. The Morgan fingerprint density at radius 3 is 1.67 bits per heavy atom. The highest BCUT2D eigenvalue weighted by molar-refractivity contribution is 5.92. The number of hydrogen-bond donors (Lipinski definition) is 5. The molecule has 0 saturated heterocycles. The number of unbranched alkanes of at least 4 members (excludes halogenated alkanes) is 2. The summed E-state index contributed by atoms with van der Waals surface area (Å²) >= 11 is 0. The summed E-state index contributed by atoms with van der Waals surface area (Å²) < 4.78 is 0. The summed E-state index contributed by atoms with van der Waals surface area (Å²) in [4.78, 5) is 50.6. The Morgan fingerprint density at radius 1 is 0.745 bits per heavy atom. The van der Waals surface area contributed by atoms with E-state index in [1.54, 1.807) is 6.92 Å². The number of hydrogen-bond acceptors (Lipinski definition) is 9. The van der Waals surface area contributed by atoms with Crippen molar-refractivity contribution in [2.45, 2.75) is 165 Å². The molecule has 0 aliphatic rings. The SMILES string of the molecule is C.C=C(N)NCCC[C@H](CC(=O)[C@@H](NC(C)C)C(C)O)C(=O)C(C)C.CCCCC[C@H](CC(=O)[C@H](Cc1ccccc1)NC(C)C)C(=O)C(C)C. The van der Waals surface area contributed by atoms with Gasteiger partial charge in [-0.25, -0.2) is 0 Å². The third-order valence-electron chi connectivity index (χ3n) is 8.62. The van der Waals surface area contributed by atoms with Crippen molar-refractivity contribution in [3.05, 3.63) is 48.3 Å². The summed E-state index contributed by atoms with van der Waals surface area (Å²) in [5.74, 6) is 0.159. The topological polar surface area (TPSA) is 151 Å². The zero-order chi connectivity index (χ0) is 38.4. The molecular formula is C42H76N4O5. The standard InChI is InChI=1S/C23H37NO2.C18H35N3O3.CH4/c1-6-7-9-14-20(23(26)17(2)3)16-22(25)21(24-18(4)5)15-19-12-10-8-11-13-19;1-11(2)18(24)15(8-7-9-20-14(6)19)10-16(23)17(13(5)22)21-12(3)4;/h8,10-13,17-18,20-21,24H,6-7,9,14-16H2,1-5H3;11-13,15,17,20-22H,6-10,19H2,1-5H3;1H4/t20-,21+;13?,15-,17+;/m11./s1. The van der Waals surface area contributed by atoms with Crippen molar-refractivity contribution in [1.82, 2.24) is 16.0 Å². The van der Waals surface area contributed by atoms with Gasteiger partial charge >= 0.3 is 0 Å². The third kappa shape index (κ3) is 22.6. The lowest BCUT2D eigenvalue weighted by Crippen LogP contribution is -2.48. The molecule has 5 atom stereocenters. The van der Waals surface area contributed by atoms with Crippen LogP contribution in [0.25, 0.3) is 0 Å². The van der Waals surface area contributed by atoms with Crippen LogP contribution in [0.3, 0.4) is 0 Å². The molecule has 1 aromatic rings. The number of Topliss-reactive ketones (excluding diaryl/α,β-unsaturated/α-hetero) is 4. The quantitative estimate of drug-likeness (QED) is 0.0642. The van der Waals surface area contributed by atoms with E-state index >= 15 is 0 Å². The Balaban J connectivity index is 0. The van der Waals surface area contributed by atoms with Gasteiger partial charge in [-0.15, -0.1) is 0 Å². The second-order valence-electron chi connectivity index (χ2n) is 15.0. The molecule has 6 N–H and O–H groups in total. The van der Waals surface area contributed by atoms with Crippen molar-refractivity contribution >= 4 is 23.1 Å². The molecule has 0 amide bonds. The second kappa shape index (κ2) is 27.7. The molecule has 1 aromatic carbocycles. The zero-order valence-electron chi connectivity index (χ0n) is 33.0. The first-order valence-corrected chi connectivity index (χ1v) is 19.0. The molecule has 0 spiro atoms. The molecule has 0 saturated carbocycles. The van der Waals surface area contributed by atoms with Crippen LogP contribution in [0, 0.1) is 23.7 Å². The van der Waals surface area contributed by atoms with Crippen molar-refractivity contribution in [1.29, 1.82) is 0 Å². The van der Waals surface area contributed by atoms with Crippen LogP contribution in [-0.2, 0) is 25.6 Å². The van der Waals surface area contributed by atoms with E-state index in [-0.39, 0.29) is 78.8 Å². The Morgan fingerprint density at radius 2 is 1.24 bits per heavy atom. The highest BCUT2D eigenvalue weighted by atomic mass is 16.3. The molecule has 0 aliphatic heterocycles. The predicted octanol–water partition coefficient (Wildman–Crippen LogP) is 6.95. The van der Waals surface area contributed by atoms with Crippen molar-refractivity contribution in [2.75, 3.05) is 6.54 Å². The smallest absolute Gasteiger partial charge is 0.153 e. The fraction of sp³-hybridized carbons (Fsp3) is 0.714. The summed E-state index contributed by atoms with van der Waals surface area (Å²) in [5, 5.41) is 19.3. The molecule has 0 fully saturated rings. The van der Waals surface area contributed by atoms with Crippen LogP contribution in [-0.4, -0.2) is 65.1 Å². The van der Waals surface area contributed by atoms with Crippen LogP contribution >= 0.6 is 0 Å². The molecule has 1 unspecified atom stereocenters. The summed E-state index contributed by atoms with van der Waals surface area (Å²) in [6.07, 6.45) is 5.82. The monoisotopic (exact) mass is 717 g/mol. The van der Waals surface area contributed by atoms with E-state index in [2.05, 4.69) is 55.4 Å². The van der Waals surface area contributed by atoms with E-state index in [9.17, 15) is 24.3 Å². The predicted molar refractivity (Wildman–Crippen MR) is 213 cm³/mol. The van der Waals surface area contributed by atoms with Crippen molar-refractivity contribution in [3.63, 3.8) is 0 Å². The first-order valence-electron chi connectivity index (χ1n) is 19.0. The minimum Gasteiger partial charge on any atom is -0.391 e. The number of nitrogens with one attached hydrogen (secondary N) is 3. The zero-order valence-corrected chi connectivity index (χ0v) is 33.0. The first-order chi connectivity index (χ1) is 23.4. The second-order valence-corrected chi connectivity index (χ2v) is 15.0. The molecule has 0 aliphatic carbocycles. The maximum absolute atomic E-state index is 13.0. The van der Waals surface area contributed by atoms with Gasteiger partial charge in [0.15, 0.2) is 11.6 Å². The van der Waals surface area contributed by atoms with Crippen LogP contribution in [0.4, 0.5) is 0 Å². The highest BCUT2D eigenvalue weighted by Gasteiger charge is 2.30. The average Bonchev–Trinajstić information content (AvgIpc) is 3.03. The number of rotatable bonds is 26. The lowest BCUT2D eigenvalue weighted by molar-refractivity contribution is -0.132. The fourth-order valence-electron chi connectivity index (χ4n) is 6.00. The van der Waals surface area contributed by atoms with Gasteiger partial charge in [-0.2, -0.15) is 0 Å². The van der Waals surface area contributed by atoms with Crippen molar-refractivity contribution < 1.29 is 24.3 Å².